The molecule has 0 spiro atoms. The van der Waals surface area contributed by atoms with Crippen LogP contribution in [0.5, 0.6) is 0 Å². The molecule has 1 aromatic carbocycles. The molecular weight excluding hydrogens is 360 g/mol. The van der Waals surface area contributed by atoms with Crippen LogP contribution in [0.2, 0.25) is 0 Å². The average molecular weight is 380 g/mol. The molecule has 140 valence electrons. The molecule has 1 aromatic heterocycles. The van der Waals surface area contributed by atoms with Crippen LogP contribution >= 0.6 is 11.8 Å². The number of benzene rings is 1. The molecule has 0 unspecified atom stereocenters. The number of carbonyl (C=O) groups excluding carboxylic acids is 1. The van der Waals surface area contributed by atoms with E-state index < -0.39 is 11.9 Å². The highest BCUT2D eigenvalue weighted by atomic mass is 32.2. The second-order valence-corrected chi connectivity index (χ2v) is 5.75. The van der Waals surface area contributed by atoms with Crippen LogP contribution in [0.4, 0.5) is 0 Å². The molecular formula is C17H20N2O6S. The van der Waals surface area contributed by atoms with E-state index >= 15 is 0 Å². The number of carbonyl (C=O) groups is 3. The third-order valence-electron chi connectivity index (χ3n) is 3.00. The van der Waals surface area contributed by atoms with Gasteiger partial charge in [0.05, 0.1) is 6.26 Å². The lowest BCUT2D eigenvalue weighted by Crippen LogP contribution is -2.31. The molecule has 0 radical (unpaired) electrons. The summed E-state index contributed by atoms with van der Waals surface area (Å²) < 4.78 is 5.01. The van der Waals surface area contributed by atoms with Gasteiger partial charge in [-0.05, 0) is 36.1 Å². The van der Waals surface area contributed by atoms with Gasteiger partial charge in [0, 0.05) is 24.5 Å². The molecule has 2 aromatic rings. The molecule has 26 heavy (non-hydrogen) atoms. The fourth-order valence-electron chi connectivity index (χ4n) is 1.74. The molecule has 0 aliphatic rings. The van der Waals surface area contributed by atoms with E-state index in [1.54, 1.807) is 23.9 Å². The summed E-state index contributed by atoms with van der Waals surface area (Å²) in [5, 5.41) is 20.9. The lowest BCUT2D eigenvalue weighted by atomic mass is 10.2. The van der Waals surface area contributed by atoms with Crippen molar-refractivity contribution in [2.75, 3.05) is 19.3 Å². The monoisotopic (exact) mass is 380 g/mol. The zero-order chi connectivity index (χ0) is 19.4. The van der Waals surface area contributed by atoms with Crippen molar-refractivity contribution >= 4 is 29.6 Å². The van der Waals surface area contributed by atoms with E-state index in [0.29, 0.717) is 12.3 Å². The van der Waals surface area contributed by atoms with Crippen molar-refractivity contribution in [1.29, 1.82) is 0 Å². The van der Waals surface area contributed by atoms with E-state index in [1.807, 2.05) is 0 Å². The first-order valence-corrected chi connectivity index (χ1v) is 8.78. The third-order valence-corrected chi connectivity index (χ3v) is 3.75. The maximum absolute atomic E-state index is 11.6. The Morgan fingerprint density at radius 3 is 2.19 bits per heavy atom. The summed E-state index contributed by atoms with van der Waals surface area (Å²) >= 11 is 1.73. The van der Waals surface area contributed by atoms with Gasteiger partial charge in [-0.3, -0.25) is 4.79 Å². The second-order valence-electron chi connectivity index (χ2n) is 4.87. The summed E-state index contributed by atoms with van der Waals surface area (Å²) in [6.45, 7) is 2.09. The van der Waals surface area contributed by atoms with Crippen LogP contribution < -0.4 is 10.6 Å². The Kier molecular flexibility index (Phi) is 9.58. The minimum Gasteiger partial charge on any atom is -0.473 e. The Labute approximate surface area is 154 Å². The largest absolute Gasteiger partial charge is 0.473 e. The van der Waals surface area contributed by atoms with Crippen LogP contribution in [0.15, 0.2) is 52.0 Å². The molecule has 0 bridgehead atoms. The Bertz CT molecular complexity index is 689. The summed E-state index contributed by atoms with van der Waals surface area (Å²) in [7, 11) is 0. The number of hydrogen-bond donors (Lipinski definition) is 4. The zero-order valence-electron chi connectivity index (χ0n) is 14.1. The first-order chi connectivity index (χ1) is 12.4. The standard InChI is InChI=1S/C15H18N2O2S.C2H2O4/c1-20-13-6-4-12(5-7-13)11-16-8-9-17-15(18)14-3-2-10-19-14;3-1(4)2(5)6/h2-7,10,16H,8-9,11H2,1H3,(H,17,18);(H,3,4)(H,5,6). The van der Waals surface area contributed by atoms with Crippen LogP contribution in [-0.4, -0.2) is 47.4 Å². The van der Waals surface area contributed by atoms with Gasteiger partial charge in [0.2, 0.25) is 0 Å². The predicted octanol–water partition coefficient (Wildman–Crippen LogP) is 1.68. The number of hydrogen-bond acceptors (Lipinski definition) is 6. The van der Waals surface area contributed by atoms with Crippen molar-refractivity contribution in [3.63, 3.8) is 0 Å². The molecule has 0 aliphatic carbocycles. The zero-order valence-corrected chi connectivity index (χ0v) is 14.9. The van der Waals surface area contributed by atoms with Crippen molar-refractivity contribution in [2.24, 2.45) is 0 Å². The SMILES string of the molecule is CSc1ccc(CNCCNC(=O)c2ccco2)cc1.O=C(O)C(=O)O. The quantitative estimate of drug-likeness (QED) is 0.324. The number of aliphatic carboxylic acids is 2. The van der Waals surface area contributed by atoms with Crippen LogP contribution in [0, 0.1) is 0 Å². The lowest BCUT2D eigenvalue weighted by Gasteiger charge is -2.06. The molecule has 8 nitrogen and oxygen atoms in total. The smallest absolute Gasteiger partial charge is 0.414 e. The highest BCUT2D eigenvalue weighted by Crippen LogP contribution is 2.14. The van der Waals surface area contributed by atoms with Crippen molar-refractivity contribution in [2.45, 2.75) is 11.4 Å². The van der Waals surface area contributed by atoms with Crippen molar-refractivity contribution in [3.05, 3.63) is 54.0 Å². The van der Waals surface area contributed by atoms with Crippen molar-refractivity contribution in [1.82, 2.24) is 10.6 Å². The van der Waals surface area contributed by atoms with Crippen LogP contribution in [0.3, 0.4) is 0 Å². The highest BCUT2D eigenvalue weighted by molar-refractivity contribution is 7.98. The van der Waals surface area contributed by atoms with Gasteiger partial charge in [-0.2, -0.15) is 0 Å². The number of furan rings is 1. The first kappa shape index (κ1) is 21.3. The average Bonchev–Trinajstić information content (AvgIpc) is 3.17. The second kappa shape index (κ2) is 11.7. The van der Waals surface area contributed by atoms with Gasteiger partial charge in [0.25, 0.3) is 5.91 Å². The number of thioether (sulfide) groups is 1. The molecule has 0 saturated carbocycles. The molecule has 2 rings (SSSR count). The van der Waals surface area contributed by atoms with Crippen LogP contribution in [0.25, 0.3) is 0 Å². The van der Waals surface area contributed by atoms with Gasteiger partial charge < -0.3 is 25.3 Å². The normalized spacial score (nSPS) is 9.73. The van der Waals surface area contributed by atoms with E-state index in [1.165, 1.54) is 16.7 Å². The summed E-state index contributed by atoms with van der Waals surface area (Å²) in [5.74, 6) is -3.48. The number of nitrogens with one attached hydrogen (secondary N) is 2. The molecule has 0 fully saturated rings. The van der Waals surface area contributed by atoms with E-state index in [4.69, 9.17) is 24.2 Å². The summed E-state index contributed by atoms with van der Waals surface area (Å²) in [5.41, 5.74) is 1.24. The maximum atomic E-state index is 11.6. The predicted molar refractivity (Wildman–Crippen MR) is 96.2 cm³/mol. The Balaban J connectivity index is 0.000000487. The minimum absolute atomic E-state index is 0.180. The number of rotatable bonds is 7. The van der Waals surface area contributed by atoms with E-state index in [9.17, 15) is 4.79 Å². The third kappa shape index (κ3) is 8.36. The summed E-state index contributed by atoms with van der Waals surface area (Å²) in [4.78, 5) is 31.0. The molecule has 4 N–H and O–H groups in total. The van der Waals surface area contributed by atoms with Gasteiger partial charge in [-0.25, -0.2) is 9.59 Å². The van der Waals surface area contributed by atoms with Gasteiger partial charge in [0.15, 0.2) is 5.76 Å². The fraction of sp³-hybridized carbons (Fsp3) is 0.235. The minimum atomic E-state index is -1.82. The highest BCUT2D eigenvalue weighted by Gasteiger charge is 2.06. The Morgan fingerprint density at radius 1 is 1.04 bits per heavy atom. The molecule has 0 atom stereocenters. The topological polar surface area (TPSA) is 129 Å². The molecule has 1 amide bonds. The number of carboxylic acids is 2. The molecule has 0 saturated heterocycles. The van der Waals surface area contributed by atoms with Gasteiger partial charge >= 0.3 is 11.9 Å². The van der Waals surface area contributed by atoms with Crippen molar-refractivity contribution in [3.8, 4) is 0 Å². The fourth-order valence-corrected chi connectivity index (χ4v) is 2.14. The van der Waals surface area contributed by atoms with E-state index in [-0.39, 0.29) is 5.91 Å². The van der Waals surface area contributed by atoms with E-state index in [0.717, 1.165) is 13.1 Å². The molecule has 9 heteroatoms. The van der Waals surface area contributed by atoms with Gasteiger partial charge in [-0.15, -0.1) is 11.8 Å². The summed E-state index contributed by atoms with van der Waals surface area (Å²) in [6, 6.07) is 11.8. The Hall–Kier alpha value is -2.78. The lowest BCUT2D eigenvalue weighted by molar-refractivity contribution is -0.159. The van der Waals surface area contributed by atoms with Gasteiger partial charge in [0.1, 0.15) is 0 Å². The first-order valence-electron chi connectivity index (χ1n) is 7.55. The van der Waals surface area contributed by atoms with Crippen LogP contribution in [0.1, 0.15) is 16.1 Å². The Morgan fingerprint density at radius 2 is 1.69 bits per heavy atom. The summed E-state index contributed by atoms with van der Waals surface area (Å²) in [6.07, 6.45) is 3.56. The number of carboxylic acid groups (broad SMARTS) is 2. The number of amides is 1. The maximum Gasteiger partial charge on any atom is 0.414 e. The molecule has 1 heterocycles. The van der Waals surface area contributed by atoms with Crippen molar-refractivity contribution < 1.29 is 29.0 Å². The van der Waals surface area contributed by atoms with E-state index in [2.05, 4.69) is 41.2 Å². The van der Waals surface area contributed by atoms with Crippen LogP contribution in [-0.2, 0) is 16.1 Å². The van der Waals surface area contributed by atoms with Gasteiger partial charge in [-0.1, -0.05) is 12.1 Å². The molecule has 0 aliphatic heterocycles.